The highest BCUT2D eigenvalue weighted by Crippen LogP contribution is 2.31. The molecule has 0 bridgehead atoms. The molecule has 2 aromatic carbocycles. The SMILES string of the molecule is Cc1ccc(-c2nc3cccnc3s2)cc1NC(=O)Cn1c(=O)oc2ccccc21. The summed E-state index contributed by atoms with van der Waals surface area (Å²) in [4.78, 5) is 34.6. The van der Waals surface area contributed by atoms with E-state index in [9.17, 15) is 9.59 Å². The number of aromatic nitrogens is 3. The molecule has 0 fully saturated rings. The van der Waals surface area contributed by atoms with Gasteiger partial charge in [-0.2, -0.15) is 0 Å². The van der Waals surface area contributed by atoms with Crippen LogP contribution >= 0.6 is 11.3 Å². The number of para-hydroxylation sites is 2. The molecule has 0 aliphatic carbocycles. The molecule has 0 atom stereocenters. The van der Waals surface area contributed by atoms with Gasteiger partial charge >= 0.3 is 5.76 Å². The zero-order valence-corrected chi connectivity index (χ0v) is 16.8. The highest BCUT2D eigenvalue weighted by molar-refractivity contribution is 7.21. The number of hydrogen-bond donors (Lipinski definition) is 1. The smallest absolute Gasteiger partial charge is 0.408 e. The van der Waals surface area contributed by atoms with E-state index < -0.39 is 5.76 Å². The number of benzene rings is 2. The molecule has 0 spiro atoms. The van der Waals surface area contributed by atoms with Gasteiger partial charge in [-0.15, -0.1) is 0 Å². The average Bonchev–Trinajstić information content (AvgIpc) is 3.31. The van der Waals surface area contributed by atoms with Gasteiger partial charge in [0, 0.05) is 17.4 Å². The van der Waals surface area contributed by atoms with Crippen molar-refractivity contribution in [2.75, 3.05) is 5.32 Å². The number of nitrogens with one attached hydrogen (secondary N) is 1. The maximum atomic E-state index is 12.7. The van der Waals surface area contributed by atoms with Gasteiger partial charge in [0.2, 0.25) is 5.91 Å². The molecule has 0 aliphatic heterocycles. The first-order valence-corrected chi connectivity index (χ1v) is 10.1. The van der Waals surface area contributed by atoms with Crippen LogP contribution in [-0.2, 0) is 11.3 Å². The van der Waals surface area contributed by atoms with Crippen molar-refractivity contribution in [3.8, 4) is 10.6 Å². The van der Waals surface area contributed by atoms with E-state index in [2.05, 4.69) is 15.3 Å². The molecule has 1 N–H and O–H groups in total. The van der Waals surface area contributed by atoms with E-state index in [-0.39, 0.29) is 12.5 Å². The van der Waals surface area contributed by atoms with Crippen LogP contribution in [0.5, 0.6) is 0 Å². The Morgan fingerprint density at radius 2 is 2.03 bits per heavy atom. The number of amides is 1. The number of rotatable bonds is 4. The van der Waals surface area contributed by atoms with Gasteiger partial charge < -0.3 is 9.73 Å². The lowest BCUT2D eigenvalue weighted by atomic mass is 10.1. The second-order valence-corrected chi connectivity index (χ2v) is 7.82. The Labute approximate surface area is 174 Å². The summed E-state index contributed by atoms with van der Waals surface area (Å²) in [5.74, 6) is -0.867. The van der Waals surface area contributed by atoms with Gasteiger partial charge in [-0.25, -0.2) is 14.8 Å². The van der Waals surface area contributed by atoms with Gasteiger partial charge in [0.05, 0.1) is 5.52 Å². The van der Waals surface area contributed by atoms with Crippen LogP contribution in [0.4, 0.5) is 5.69 Å². The minimum absolute atomic E-state index is 0.134. The van der Waals surface area contributed by atoms with Crippen LogP contribution in [0.2, 0.25) is 0 Å². The summed E-state index contributed by atoms with van der Waals surface area (Å²) in [7, 11) is 0. The number of pyridine rings is 1. The van der Waals surface area contributed by atoms with Crippen molar-refractivity contribution >= 4 is 44.4 Å². The van der Waals surface area contributed by atoms with Crippen LogP contribution < -0.4 is 11.1 Å². The Hall–Kier alpha value is -3.78. The quantitative estimate of drug-likeness (QED) is 0.474. The zero-order valence-electron chi connectivity index (χ0n) is 16.0. The average molecular weight is 416 g/mol. The number of fused-ring (bicyclic) bond motifs is 2. The Balaban J connectivity index is 1.43. The summed E-state index contributed by atoms with van der Waals surface area (Å²) < 4.78 is 6.52. The molecule has 0 unspecified atom stereocenters. The minimum atomic E-state index is -0.557. The van der Waals surface area contributed by atoms with Gasteiger partial charge in [0.25, 0.3) is 0 Å². The molecule has 0 saturated carbocycles. The number of oxazole rings is 1. The summed E-state index contributed by atoms with van der Waals surface area (Å²) >= 11 is 1.50. The van der Waals surface area contributed by atoms with E-state index in [4.69, 9.17) is 4.42 Å². The lowest BCUT2D eigenvalue weighted by Crippen LogP contribution is -2.25. The van der Waals surface area contributed by atoms with E-state index in [1.165, 1.54) is 15.9 Å². The fourth-order valence-electron chi connectivity index (χ4n) is 3.28. The fraction of sp³-hybridized carbons (Fsp3) is 0.0909. The first kappa shape index (κ1) is 18.3. The van der Waals surface area contributed by atoms with Crippen molar-refractivity contribution in [2.24, 2.45) is 0 Å². The van der Waals surface area contributed by atoms with Crippen LogP contribution in [0.3, 0.4) is 0 Å². The lowest BCUT2D eigenvalue weighted by Gasteiger charge is -2.10. The van der Waals surface area contributed by atoms with Gasteiger partial charge in [0.1, 0.15) is 21.9 Å². The van der Waals surface area contributed by atoms with Gasteiger partial charge in [-0.05, 0) is 42.8 Å². The molecule has 7 nitrogen and oxygen atoms in total. The summed E-state index contributed by atoms with van der Waals surface area (Å²) in [6.07, 6.45) is 1.74. The molecule has 5 rings (SSSR count). The van der Waals surface area contributed by atoms with E-state index in [0.717, 1.165) is 26.5 Å². The second kappa shape index (κ2) is 7.23. The number of nitrogens with zero attached hydrogens (tertiary/aromatic N) is 3. The number of carbonyl (C=O) groups is 1. The minimum Gasteiger partial charge on any atom is -0.408 e. The largest absolute Gasteiger partial charge is 0.420 e. The van der Waals surface area contributed by atoms with Gasteiger partial charge in [-0.1, -0.05) is 35.6 Å². The Kier molecular flexibility index (Phi) is 4.40. The number of thiazole rings is 1. The molecular formula is C22H16N4O3S. The third-order valence-corrected chi connectivity index (χ3v) is 5.83. The predicted octanol–water partition coefficient (Wildman–Crippen LogP) is 4.21. The molecule has 3 aromatic heterocycles. The molecule has 0 radical (unpaired) electrons. The third kappa shape index (κ3) is 3.27. The molecule has 1 amide bonds. The molecule has 30 heavy (non-hydrogen) atoms. The van der Waals surface area contributed by atoms with Crippen LogP contribution in [0.1, 0.15) is 5.56 Å². The van der Waals surface area contributed by atoms with Crippen molar-refractivity contribution in [3.05, 3.63) is 76.9 Å². The van der Waals surface area contributed by atoms with Crippen LogP contribution in [-0.4, -0.2) is 20.4 Å². The molecule has 0 saturated heterocycles. The monoisotopic (exact) mass is 416 g/mol. The van der Waals surface area contributed by atoms with Gasteiger partial charge in [0.15, 0.2) is 5.58 Å². The fourth-order valence-corrected chi connectivity index (χ4v) is 4.18. The number of aryl methyl sites for hydroxylation is 1. The number of carbonyl (C=O) groups excluding carboxylic acids is 1. The van der Waals surface area contributed by atoms with Crippen molar-refractivity contribution in [2.45, 2.75) is 13.5 Å². The Bertz CT molecular complexity index is 1430. The Morgan fingerprint density at radius 1 is 1.17 bits per heavy atom. The van der Waals surface area contributed by atoms with E-state index in [0.29, 0.717) is 16.8 Å². The first-order chi connectivity index (χ1) is 14.6. The van der Waals surface area contributed by atoms with E-state index in [1.807, 2.05) is 37.3 Å². The molecular weight excluding hydrogens is 400 g/mol. The van der Waals surface area contributed by atoms with E-state index in [1.54, 1.807) is 30.5 Å². The summed E-state index contributed by atoms with van der Waals surface area (Å²) in [5.41, 5.74) is 4.36. The number of anilines is 1. The molecule has 8 heteroatoms. The lowest BCUT2D eigenvalue weighted by molar-refractivity contribution is -0.116. The molecule has 5 aromatic rings. The van der Waals surface area contributed by atoms with Crippen molar-refractivity contribution < 1.29 is 9.21 Å². The summed E-state index contributed by atoms with van der Waals surface area (Å²) in [6, 6.07) is 16.6. The van der Waals surface area contributed by atoms with Crippen LogP contribution in [0.25, 0.3) is 32.0 Å². The highest BCUT2D eigenvalue weighted by atomic mass is 32.1. The normalized spacial score (nSPS) is 11.2. The second-order valence-electron chi connectivity index (χ2n) is 6.85. The molecule has 148 valence electrons. The molecule has 0 aliphatic rings. The van der Waals surface area contributed by atoms with Crippen molar-refractivity contribution in [1.29, 1.82) is 0 Å². The van der Waals surface area contributed by atoms with Crippen LogP contribution in [0, 0.1) is 6.92 Å². The number of hydrogen-bond acceptors (Lipinski definition) is 6. The first-order valence-electron chi connectivity index (χ1n) is 9.29. The van der Waals surface area contributed by atoms with Crippen molar-refractivity contribution in [3.63, 3.8) is 0 Å². The van der Waals surface area contributed by atoms with Crippen molar-refractivity contribution in [1.82, 2.24) is 14.5 Å². The summed E-state index contributed by atoms with van der Waals surface area (Å²) in [6.45, 7) is 1.78. The molecule has 3 heterocycles. The topological polar surface area (TPSA) is 90.0 Å². The third-order valence-electron chi connectivity index (χ3n) is 4.80. The predicted molar refractivity (Wildman–Crippen MR) is 117 cm³/mol. The van der Waals surface area contributed by atoms with Gasteiger partial charge in [-0.3, -0.25) is 9.36 Å². The Morgan fingerprint density at radius 3 is 2.90 bits per heavy atom. The maximum Gasteiger partial charge on any atom is 0.420 e. The van der Waals surface area contributed by atoms with Crippen LogP contribution in [0.15, 0.2) is 70.0 Å². The van der Waals surface area contributed by atoms with E-state index >= 15 is 0 Å². The highest BCUT2D eigenvalue weighted by Gasteiger charge is 2.14. The summed E-state index contributed by atoms with van der Waals surface area (Å²) in [5, 5.41) is 3.74. The standard InChI is InChI=1S/C22H16N4O3S/c1-13-8-9-14(20-25-15-5-4-10-23-21(15)30-20)11-16(13)24-19(27)12-26-17-6-2-3-7-18(17)29-22(26)28/h2-11H,12H2,1H3,(H,24,27). The zero-order chi connectivity index (χ0) is 20.7. The maximum absolute atomic E-state index is 12.7.